The monoisotopic (exact) mass is 355 g/mol. The highest BCUT2D eigenvalue weighted by atomic mass is 35.5. The minimum atomic E-state index is -3.97. The van der Waals surface area contributed by atoms with Gasteiger partial charge in [-0.3, -0.25) is 10.1 Å². The average Bonchev–Trinajstić information content (AvgIpc) is 2.67. The molecule has 1 aromatic carbocycles. The number of sulfonamides is 1. The summed E-state index contributed by atoms with van der Waals surface area (Å²) >= 11 is 5.89. The lowest BCUT2D eigenvalue weighted by molar-refractivity contribution is -0.387. The van der Waals surface area contributed by atoms with E-state index in [1.54, 1.807) is 0 Å². The van der Waals surface area contributed by atoms with E-state index in [0.29, 0.717) is 19.5 Å². The lowest BCUT2D eigenvalue weighted by Crippen LogP contribution is -2.34. The van der Waals surface area contributed by atoms with Gasteiger partial charge in [0.1, 0.15) is 0 Å². The van der Waals surface area contributed by atoms with Gasteiger partial charge in [-0.05, 0) is 19.0 Å². The molecule has 1 aromatic rings. The smallest absolute Gasteiger partial charge is 0.290 e. The molecule has 0 spiro atoms. The molecule has 0 aromatic heterocycles. The first-order chi connectivity index (χ1) is 9.44. The van der Waals surface area contributed by atoms with Crippen molar-refractivity contribution in [3.8, 4) is 0 Å². The van der Waals surface area contributed by atoms with Gasteiger partial charge in [-0.25, -0.2) is 8.42 Å². The van der Waals surface area contributed by atoms with E-state index in [2.05, 4.69) is 5.32 Å². The molecule has 0 amide bonds. The van der Waals surface area contributed by atoms with Crippen LogP contribution in [0.5, 0.6) is 0 Å². The molecular formula is C11H15Cl2N3O4S. The first-order valence-corrected chi connectivity index (χ1v) is 7.90. The van der Waals surface area contributed by atoms with Gasteiger partial charge in [0, 0.05) is 25.7 Å². The molecule has 2 rings (SSSR count). The number of nitrogens with zero attached hydrogens (tertiary/aromatic N) is 2. The lowest BCUT2D eigenvalue weighted by Gasteiger charge is -2.20. The Hall–Kier alpha value is -0.930. The van der Waals surface area contributed by atoms with E-state index >= 15 is 0 Å². The fraction of sp³-hybridized carbons (Fsp3) is 0.455. The maximum Gasteiger partial charge on any atom is 0.290 e. The predicted molar refractivity (Wildman–Crippen MR) is 81.6 cm³/mol. The summed E-state index contributed by atoms with van der Waals surface area (Å²) < 4.78 is 26.4. The van der Waals surface area contributed by atoms with Crippen LogP contribution >= 0.6 is 24.0 Å². The molecule has 0 saturated carbocycles. The summed E-state index contributed by atoms with van der Waals surface area (Å²) in [6, 6.07) is 3.86. The van der Waals surface area contributed by atoms with E-state index in [9.17, 15) is 18.5 Å². The van der Waals surface area contributed by atoms with Gasteiger partial charge in [0.25, 0.3) is 15.7 Å². The summed E-state index contributed by atoms with van der Waals surface area (Å²) in [5.74, 6) is 0. The Balaban J connectivity index is 0.00000220. The summed E-state index contributed by atoms with van der Waals surface area (Å²) in [5.41, 5.74) is -0.491. The second kappa shape index (κ2) is 7.37. The van der Waals surface area contributed by atoms with Crippen LogP contribution in [-0.4, -0.2) is 43.8 Å². The van der Waals surface area contributed by atoms with Crippen molar-refractivity contribution < 1.29 is 13.3 Å². The van der Waals surface area contributed by atoms with E-state index in [-0.39, 0.29) is 24.0 Å². The molecule has 1 aliphatic rings. The highest BCUT2D eigenvalue weighted by Crippen LogP contribution is 2.33. The van der Waals surface area contributed by atoms with Crippen molar-refractivity contribution in [3.05, 3.63) is 33.3 Å². The van der Waals surface area contributed by atoms with Crippen LogP contribution in [0.4, 0.5) is 5.69 Å². The van der Waals surface area contributed by atoms with Crippen LogP contribution in [0.1, 0.15) is 6.42 Å². The van der Waals surface area contributed by atoms with Crippen LogP contribution in [-0.2, 0) is 10.0 Å². The molecule has 0 aliphatic carbocycles. The van der Waals surface area contributed by atoms with E-state index in [1.807, 2.05) is 0 Å². The Morgan fingerprint density at radius 1 is 1.29 bits per heavy atom. The van der Waals surface area contributed by atoms with Crippen molar-refractivity contribution in [1.82, 2.24) is 9.62 Å². The van der Waals surface area contributed by atoms with Crippen LogP contribution in [0.3, 0.4) is 0 Å². The molecule has 7 nitrogen and oxygen atoms in total. The number of halogens is 2. The third kappa shape index (κ3) is 3.83. The minimum absolute atomic E-state index is 0. The molecule has 0 bridgehead atoms. The molecule has 0 unspecified atom stereocenters. The predicted octanol–water partition coefficient (Wildman–Crippen LogP) is 1.65. The highest BCUT2D eigenvalue weighted by molar-refractivity contribution is 7.89. The maximum atomic E-state index is 12.6. The zero-order chi connectivity index (χ0) is 14.8. The molecule has 0 atom stereocenters. The van der Waals surface area contributed by atoms with E-state index < -0.39 is 25.5 Å². The number of hydrogen-bond donors (Lipinski definition) is 1. The number of nitro benzene ring substituents is 1. The van der Waals surface area contributed by atoms with E-state index in [0.717, 1.165) is 12.6 Å². The first kappa shape index (κ1) is 18.1. The van der Waals surface area contributed by atoms with Crippen LogP contribution in [0.15, 0.2) is 23.1 Å². The Morgan fingerprint density at radius 2 is 2.00 bits per heavy atom. The quantitative estimate of drug-likeness (QED) is 0.657. The molecule has 1 N–H and O–H groups in total. The molecular weight excluding hydrogens is 341 g/mol. The Labute approximate surface area is 133 Å². The van der Waals surface area contributed by atoms with E-state index in [4.69, 9.17) is 11.6 Å². The summed E-state index contributed by atoms with van der Waals surface area (Å²) in [4.78, 5) is 9.87. The molecule has 21 heavy (non-hydrogen) atoms. The highest BCUT2D eigenvalue weighted by Gasteiger charge is 2.34. The van der Waals surface area contributed by atoms with Crippen LogP contribution in [0.25, 0.3) is 0 Å². The van der Waals surface area contributed by atoms with Gasteiger partial charge >= 0.3 is 0 Å². The van der Waals surface area contributed by atoms with Gasteiger partial charge in [-0.15, -0.1) is 12.4 Å². The van der Waals surface area contributed by atoms with Gasteiger partial charge in [0.05, 0.1) is 9.95 Å². The number of hydrogen-bond acceptors (Lipinski definition) is 5. The summed E-state index contributed by atoms with van der Waals surface area (Å²) in [6.45, 7) is 1.82. The summed E-state index contributed by atoms with van der Waals surface area (Å²) in [7, 11) is -3.97. The average molecular weight is 356 g/mol. The number of nitro groups is 1. The largest absolute Gasteiger partial charge is 0.315 e. The fourth-order valence-corrected chi connectivity index (χ4v) is 4.23. The maximum absolute atomic E-state index is 12.6. The van der Waals surface area contributed by atoms with Crippen molar-refractivity contribution in [2.75, 3.05) is 26.2 Å². The van der Waals surface area contributed by atoms with Gasteiger partial charge in [0.2, 0.25) is 0 Å². The fourth-order valence-electron chi connectivity index (χ4n) is 2.09. The molecule has 1 fully saturated rings. The summed E-state index contributed by atoms with van der Waals surface area (Å²) in [5, 5.41) is 14.0. The zero-order valence-electron chi connectivity index (χ0n) is 11.0. The summed E-state index contributed by atoms with van der Waals surface area (Å²) in [6.07, 6.45) is 0.650. The lowest BCUT2D eigenvalue weighted by atomic mass is 10.3. The van der Waals surface area contributed by atoms with Crippen molar-refractivity contribution in [1.29, 1.82) is 0 Å². The SMILES string of the molecule is Cl.O=[N+]([O-])c1cccc(Cl)c1S(=O)(=O)N1CCCNCC1. The van der Waals surface area contributed by atoms with Crippen LogP contribution < -0.4 is 5.32 Å². The number of benzene rings is 1. The second-order valence-electron chi connectivity index (χ2n) is 4.35. The first-order valence-electron chi connectivity index (χ1n) is 6.08. The standard InChI is InChI=1S/C11H14ClN3O4S.ClH/c12-9-3-1-4-10(15(16)17)11(9)20(18,19)14-7-2-5-13-6-8-14;/h1,3-4,13H,2,5-8H2;1H. The van der Waals surface area contributed by atoms with Crippen molar-refractivity contribution >= 4 is 39.7 Å². The Kier molecular flexibility index (Phi) is 6.36. The molecule has 10 heteroatoms. The van der Waals surface area contributed by atoms with Gasteiger partial charge in [-0.1, -0.05) is 17.7 Å². The van der Waals surface area contributed by atoms with E-state index in [1.165, 1.54) is 16.4 Å². The molecule has 1 saturated heterocycles. The zero-order valence-corrected chi connectivity index (χ0v) is 13.4. The van der Waals surface area contributed by atoms with Gasteiger partial charge in [0.15, 0.2) is 4.90 Å². The van der Waals surface area contributed by atoms with Gasteiger partial charge in [-0.2, -0.15) is 4.31 Å². The third-order valence-electron chi connectivity index (χ3n) is 3.04. The minimum Gasteiger partial charge on any atom is -0.315 e. The normalized spacial score (nSPS) is 16.8. The van der Waals surface area contributed by atoms with Crippen molar-refractivity contribution in [2.45, 2.75) is 11.3 Å². The third-order valence-corrected chi connectivity index (χ3v) is 5.46. The number of rotatable bonds is 3. The number of nitrogens with one attached hydrogen (secondary N) is 1. The molecule has 1 aliphatic heterocycles. The van der Waals surface area contributed by atoms with Crippen LogP contribution in [0, 0.1) is 10.1 Å². The Morgan fingerprint density at radius 3 is 2.67 bits per heavy atom. The molecule has 0 radical (unpaired) electrons. The second-order valence-corrected chi connectivity index (χ2v) is 6.63. The molecule has 118 valence electrons. The van der Waals surface area contributed by atoms with Crippen molar-refractivity contribution in [2.24, 2.45) is 0 Å². The van der Waals surface area contributed by atoms with Crippen molar-refractivity contribution in [3.63, 3.8) is 0 Å². The molecule has 1 heterocycles. The Bertz CT molecular complexity index is 616. The van der Waals surface area contributed by atoms with Crippen LogP contribution in [0.2, 0.25) is 5.02 Å². The topological polar surface area (TPSA) is 92.5 Å². The van der Waals surface area contributed by atoms with Gasteiger partial charge < -0.3 is 5.32 Å².